The monoisotopic (exact) mass is 380 g/mol. The zero-order chi connectivity index (χ0) is 20.0. The second kappa shape index (κ2) is 8.94. The number of anilines is 1. The number of hydrogen-bond acceptors (Lipinski definition) is 5. The molecule has 1 aromatic rings. The first kappa shape index (κ1) is 20.8. The number of likely N-dealkylation sites (N-methyl/N-ethyl adjacent to an activating group) is 1. The van der Waals surface area contributed by atoms with Gasteiger partial charge in [-0.25, -0.2) is 8.78 Å². The van der Waals surface area contributed by atoms with E-state index in [1.54, 1.807) is 4.90 Å². The second-order valence-corrected chi connectivity index (χ2v) is 6.94. The molecule has 6 nitrogen and oxygen atoms in total. The summed E-state index contributed by atoms with van der Waals surface area (Å²) in [5.41, 5.74) is 5.88. The molecule has 1 fully saturated rings. The van der Waals surface area contributed by atoms with E-state index in [2.05, 4.69) is 5.32 Å². The van der Waals surface area contributed by atoms with E-state index in [9.17, 15) is 13.6 Å². The maximum Gasteiger partial charge on any atom is 0.293 e. The zero-order valence-electron chi connectivity index (χ0n) is 15.6. The molecule has 1 aliphatic rings. The molecule has 0 heterocycles. The van der Waals surface area contributed by atoms with Crippen LogP contribution < -0.4 is 11.1 Å². The molecule has 0 radical (unpaired) electrons. The van der Waals surface area contributed by atoms with Crippen molar-refractivity contribution in [2.75, 3.05) is 31.6 Å². The first-order chi connectivity index (χ1) is 12.8. The van der Waals surface area contributed by atoms with Crippen LogP contribution >= 0.6 is 0 Å². The highest BCUT2D eigenvalue weighted by atomic mass is 19.1. The standard InChI is InChI=1S/C19H26F2N4O2/c1-3-25(7-6-22)16(11-23)17(27-12-19(2)4-5-19)18(26)24-15-9-13(20)8-14(21)10-15/h8-11,23H,3-7,12,22H2,1-2H3,(H,24,26). The number of allylic oxidation sites excluding steroid dienone is 1. The molecule has 148 valence electrons. The van der Waals surface area contributed by atoms with Gasteiger partial charge in [0.1, 0.15) is 17.3 Å². The van der Waals surface area contributed by atoms with Gasteiger partial charge in [-0.1, -0.05) is 6.92 Å². The number of halogens is 2. The molecule has 8 heteroatoms. The minimum atomic E-state index is -0.798. The summed E-state index contributed by atoms with van der Waals surface area (Å²) in [5, 5.41) is 10.2. The van der Waals surface area contributed by atoms with Gasteiger partial charge in [-0.05, 0) is 31.9 Å². The molecule has 0 spiro atoms. The van der Waals surface area contributed by atoms with Gasteiger partial charge < -0.3 is 26.1 Å². The fourth-order valence-corrected chi connectivity index (χ4v) is 2.58. The number of hydrogen-bond donors (Lipinski definition) is 3. The van der Waals surface area contributed by atoms with Gasteiger partial charge >= 0.3 is 0 Å². The van der Waals surface area contributed by atoms with Gasteiger partial charge in [-0.15, -0.1) is 0 Å². The Labute approximate surface area is 157 Å². The number of benzene rings is 1. The summed E-state index contributed by atoms with van der Waals surface area (Å²) < 4.78 is 32.6. The van der Waals surface area contributed by atoms with Crippen molar-refractivity contribution in [1.29, 1.82) is 5.41 Å². The summed E-state index contributed by atoms with van der Waals surface area (Å²) >= 11 is 0. The number of amides is 1. The molecule has 0 saturated heterocycles. The van der Waals surface area contributed by atoms with Gasteiger partial charge in [-0.2, -0.15) is 0 Å². The number of carbonyl (C=O) groups excluding carboxylic acids is 1. The van der Waals surface area contributed by atoms with Crippen LogP contribution in [0.15, 0.2) is 29.7 Å². The summed E-state index contributed by atoms with van der Waals surface area (Å²) in [7, 11) is 0. The Balaban J connectivity index is 2.32. The molecule has 1 aromatic carbocycles. The molecule has 0 aromatic heterocycles. The van der Waals surface area contributed by atoms with Crippen molar-refractivity contribution in [3.05, 3.63) is 41.3 Å². The average Bonchev–Trinajstić information content (AvgIpc) is 3.33. The Morgan fingerprint density at radius 3 is 2.48 bits per heavy atom. The summed E-state index contributed by atoms with van der Waals surface area (Å²) in [6.07, 6.45) is 3.03. The van der Waals surface area contributed by atoms with Crippen LogP contribution in [-0.2, 0) is 9.53 Å². The quantitative estimate of drug-likeness (QED) is 0.331. The Hall–Kier alpha value is -2.48. The van der Waals surface area contributed by atoms with Crippen molar-refractivity contribution in [3.8, 4) is 0 Å². The smallest absolute Gasteiger partial charge is 0.293 e. The molecule has 1 aliphatic carbocycles. The van der Waals surface area contributed by atoms with Crippen LogP contribution in [0.25, 0.3) is 0 Å². The van der Waals surface area contributed by atoms with Gasteiger partial charge in [0.2, 0.25) is 5.76 Å². The predicted octanol–water partition coefficient (Wildman–Crippen LogP) is 2.86. The summed E-state index contributed by atoms with van der Waals surface area (Å²) in [6, 6.07) is 2.75. The molecule has 0 aliphatic heterocycles. The Bertz CT molecular complexity index is 712. The number of nitrogens with zero attached hydrogens (tertiary/aromatic N) is 1. The predicted molar refractivity (Wildman–Crippen MR) is 100 cm³/mol. The van der Waals surface area contributed by atoms with Crippen molar-refractivity contribution < 1.29 is 18.3 Å². The Morgan fingerprint density at radius 1 is 1.37 bits per heavy atom. The lowest BCUT2D eigenvalue weighted by molar-refractivity contribution is -0.116. The van der Waals surface area contributed by atoms with Crippen molar-refractivity contribution in [3.63, 3.8) is 0 Å². The van der Waals surface area contributed by atoms with Gasteiger partial charge in [0.05, 0.1) is 6.61 Å². The fraction of sp³-hybridized carbons (Fsp3) is 0.474. The minimum absolute atomic E-state index is 0.00847. The largest absolute Gasteiger partial charge is 0.486 e. The molecular formula is C19H26F2N4O2. The van der Waals surface area contributed by atoms with E-state index in [0.717, 1.165) is 37.3 Å². The number of nitrogens with two attached hydrogens (primary N) is 1. The van der Waals surface area contributed by atoms with Crippen LogP contribution in [0.2, 0.25) is 0 Å². The SMILES string of the molecule is CCN(CCN)C(C=N)=C(OCC1(C)CC1)C(=O)Nc1cc(F)cc(F)c1. The van der Waals surface area contributed by atoms with Gasteiger partial charge in [-0.3, -0.25) is 4.79 Å². The van der Waals surface area contributed by atoms with Crippen molar-refractivity contribution >= 4 is 17.8 Å². The van der Waals surface area contributed by atoms with Crippen LogP contribution in [0.3, 0.4) is 0 Å². The third kappa shape index (κ3) is 5.75. The Morgan fingerprint density at radius 2 is 2.00 bits per heavy atom. The number of nitrogens with one attached hydrogen (secondary N) is 2. The first-order valence-electron chi connectivity index (χ1n) is 8.92. The molecule has 0 bridgehead atoms. The molecule has 27 heavy (non-hydrogen) atoms. The molecule has 0 unspecified atom stereocenters. The maximum atomic E-state index is 13.4. The van der Waals surface area contributed by atoms with Gasteiger partial charge in [0.25, 0.3) is 5.91 Å². The molecule has 4 N–H and O–H groups in total. The molecule has 0 atom stereocenters. The third-order valence-electron chi connectivity index (χ3n) is 4.49. The highest BCUT2D eigenvalue weighted by molar-refractivity contribution is 6.05. The van der Waals surface area contributed by atoms with Crippen LogP contribution in [0, 0.1) is 22.5 Å². The number of carbonyl (C=O) groups is 1. The molecule has 2 rings (SSSR count). The average molecular weight is 380 g/mol. The van der Waals surface area contributed by atoms with Crippen LogP contribution in [0.4, 0.5) is 14.5 Å². The fourth-order valence-electron chi connectivity index (χ4n) is 2.58. The number of rotatable bonds is 10. The topological polar surface area (TPSA) is 91.4 Å². The van der Waals surface area contributed by atoms with Gasteiger partial charge in [0.15, 0.2) is 0 Å². The number of ether oxygens (including phenoxy) is 1. The highest BCUT2D eigenvalue weighted by Crippen LogP contribution is 2.45. The zero-order valence-corrected chi connectivity index (χ0v) is 15.6. The lowest BCUT2D eigenvalue weighted by atomic mass is 10.2. The van der Waals surface area contributed by atoms with Crippen molar-refractivity contribution in [2.45, 2.75) is 26.7 Å². The van der Waals surface area contributed by atoms with E-state index in [4.69, 9.17) is 15.9 Å². The van der Waals surface area contributed by atoms with E-state index < -0.39 is 17.5 Å². The molecule has 1 saturated carbocycles. The van der Waals surface area contributed by atoms with E-state index in [1.165, 1.54) is 0 Å². The summed E-state index contributed by atoms with van der Waals surface area (Å²) in [4.78, 5) is 14.6. The normalized spacial score (nSPS) is 15.6. The lowest BCUT2D eigenvalue weighted by Gasteiger charge is -2.26. The highest BCUT2D eigenvalue weighted by Gasteiger charge is 2.39. The molecule has 1 amide bonds. The van der Waals surface area contributed by atoms with E-state index in [1.807, 2.05) is 13.8 Å². The van der Waals surface area contributed by atoms with Crippen molar-refractivity contribution in [1.82, 2.24) is 4.90 Å². The van der Waals surface area contributed by atoms with Crippen molar-refractivity contribution in [2.24, 2.45) is 11.1 Å². The van der Waals surface area contributed by atoms with Gasteiger partial charge in [0, 0.05) is 43.0 Å². The first-order valence-corrected chi connectivity index (χ1v) is 8.92. The van der Waals surface area contributed by atoms with Crippen LogP contribution in [0.5, 0.6) is 0 Å². The Kier molecular flexibility index (Phi) is 6.90. The maximum absolute atomic E-state index is 13.4. The summed E-state index contributed by atoms with van der Waals surface area (Å²) in [6.45, 7) is 5.55. The van der Waals surface area contributed by atoms with E-state index >= 15 is 0 Å². The lowest BCUT2D eigenvalue weighted by Crippen LogP contribution is -2.33. The molecular weight excluding hydrogens is 354 g/mol. The minimum Gasteiger partial charge on any atom is -0.486 e. The van der Waals surface area contributed by atoms with E-state index in [-0.39, 0.29) is 22.6 Å². The van der Waals surface area contributed by atoms with Crippen LogP contribution in [0.1, 0.15) is 26.7 Å². The second-order valence-electron chi connectivity index (χ2n) is 6.94. The van der Waals surface area contributed by atoms with Crippen LogP contribution in [-0.4, -0.2) is 43.3 Å². The summed E-state index contributed by atoms with van der Waals surface area (Å²) in [5.74, 6) is -2.32. The van der Waals surface area contributed by atoms with E-state index in [0.29, 0.717) is 26.2 Å². The third-order valence-corrected chi connectivity index (χ3v) is 4.49.